The molecule has 0 radical (unpaired) electrons. The van der Waals surface area contributed by atoms with Crippen LogP contribution in [0.5, 0.6) is 0 Å². The van der Waals surface area contributed by atoms with Gasteiger partial charge in [-0.3, -0.25) is 0 Å². The number of hydrogen-bond acceptors (Lipinski definition) is 2. The lowest BCUT2D eigenvalue weighted by atomic mass is 10.0. The van der Waals surface area contributed by atoms with Gasteiger partial charge in [0.25, 0.3) is 0 Å². The second kappa shape index (κ2) is 4.53. The molecular formula is C15H21NO. The van der Waals surface area contributed by atoms with Gasteiger partial charge in [-0.2, -0.15) is 0 Å². The Morgan fingerprint density at radius 1 is 1.18 bits per heavy atom. The molecule has 2 rings (SSSR count). The third-order valence-electron chi connectivity index (χ3n) is 3.51. The summed E-state index contributed by atoms with van der Waals surface area (Å²) in [5, 5.41) is 1.20. The lowest BCUT2D eigenvalue weighted by molar-refractivity contribution is 0.474. The maximum atomic E-state index is 6.11. The summed E-state index contributed by atoms with van der Waals surface area (Å²) < 4.78 is 5.95. The first-order valence-electron chi connectivity index (χ1n) is 6.30. The first kappa shape index (κ1) is 12.2. The molecule has 0 aliphatic heterocycles. The number of hydrogen-bond donors (Lipinski definition) is 1. The van der Waals surface area contributed by atoms with E-state index >= 15 is 0 Å². The Morgan fingerprint density at radius 3 is 2.53 bits per heavy atom. The molecule has 0 saturated carbocycles. The van der Waals surface area contributed by atoms with E-state index in [0.29, 0.717) is 0 Å². The molecule has 0 aliphatic rings. The van der Waals surface area contributed by atoms with Gasteiger partial charge >= 0.3 is 0 Å². The third kappa shape index (κ3) is 2.09. The highest BCUT2D eigenvalue weighted by molar-refractivity contribution is 5.85. The molecule has 0 amide bonds. The monoisotopic (exact) mass is 231 g/mol. The van der Waals surface area contributed by atoms with Crippen molar-refractivity contribution < 1.29 is 4.42 Å². The van der Waals surface area contributed by atoms with Crippen molar-refractivity contribution in [2.45, 2.75) is 46.6 Å². The predicted molar refractivity (Wildman–Crippen MR) is 72.3 cm³/mol. The molecule has 0 saturated heterocycles. The maximum absolute atomic E-state index is 6.11. The van der Waals surface area contributed by atoms with Crippen molar-refractivity contribution in [1.29, 1.82) is 0 Å². The van der Waals surface area contributed by atoms with Crippen LogP contribution >= 0.6 is 0 Å². The molecule has 0 fully saturated rings. The van der Waals surface area contributed by atoms with Gasteiger partial charge < -0.3 is 10.2 Å². The standard InChI is InChI=1S/C15H21NO/c1-5-6-13(16)14-8-12-10(3)7-9(2)11(4)15(12)17-14/h7-8,13H,5-6,16H2,1-4H3. The van der Waals surface area contributed by atoms with E-state index in [4.69, 9.17) is 10.2 Å². The minimum absolute atomic E-state index is 0.0199. The summed E-state index contributed by atoms with van der Waals surface area (Å²) in [5.74, 6) is 0.915. The van der Waals surface area contributed by atoms with Crippen LogP contribution in [0.2, 0.25) is 0 Å². The van der Waals surface area contributed by atoms with Crippen molar-refractivity contribution in [3.8, 4) is 0 Å². The van der Waals surface area contributed by atoms with Gasteiger partial charge in [-0.05, 0) is 49.9 Å². The van der Waals surface area contributed by atoms with Gasteiger partial charge in [-0.15, -0.1) is 0 Å². The molecule has 17 heavy (non-hydrogen) atoms. The molecule has 1 unspecified atom stereocenters. The smallest absolute Gasteiger partial charge is 0.137 e. The second-order valence-corrected chi connectivity index (χ2v) is 4.92. The number of furan rings is 1. The van der Waals surface area contributed by atoms with E-state index in [-0.39, 0.29) is 6.04 Å². The van der Waals surface area contributed by atoms with Crippen LogP contribution in [-0.2, 0) is 0 Å². The summed E-state index contributed by atoms with van der Waals surface area (Å²) in [4.78, 5) is 0. The Hall–Kier alpha value is -1.28. The van der Waals surface area contributed by atoms with Crippen molar-refractivity contribution in [3.63, 3.8) is 0 Å². The summed E-state index contributed by atoms with van der Waals surface area (Å²) in [6, 6.07) is 4.34. The maximum Gasteiger partial charge on any atom is 0.137 e. The first-order chi connectivity index (χ1) is 8.04. The van der Waals surface area contributed by atoms with Crippen LogP contribution in [0.3, 0.4) is 0 Å². The molecule has 1 atom stereocenters. The van der Waals surface area contributed by atoms with Crippen LogP contribution < -0.4 is 5.73 Å². The molecule has 2 aromatic rings. The van der Waals surface area contributed by atoms with Crippen molar-refractivity contribution in [2.75, 3.05) is 0 Å². The van der Waals surface area contributed by atoms with Crippen molar-refractivity contribution in [1.82, 2.24) is 0 Å². The van der Waals surface area contributed by atoms with E-state index in [0.717, 1.165) is 24.2 Å². The SMILES string of the molecule is CCCC(N)c1cc2c(C)cc(C)c(C)c2o1. The lowest BCUT2D eigenvalue weighted by Gasteiger charge is -2.05. The molecule has 0 bridgehead atoms. The zero-order valence-electron chi connectivity index (χ0n) is 11.1. The molecule has 1 aromatic carbocycles. The lowest BCUT2D eigenvalue weighted by Crippen LogP contribution is -2.08. The summed E-state index contributed by atoms with van der Waals surface area (Å²) in [5.41, 5.74) is 10.9. The van der Waals surface area contributed by atoms with Gasteiger partial charge in [0, 0.05) is 5.39 Å². The molecule has 1 heterocycles. The number of nitrogens with two attached hydrogens (primary N) is 1. The van der Waals surface area contributed by atoms with E-state index in [1.165, 1.54) is 22.1 Å². The van der Waals surface area contributed by atoms with Crippen LogP contribution in [0.4, 0.5) is 0 Å². The summed E-state index contributed by atoms with van der Waals surface area (Å²) >= 11 is 0. The summed E-state index contributed by atoms with van der Waals surface area (Å²) in [6.07, 6.45) is 2.05. The van der Waals surface area contributed by atoms with E-state index in [1.54, 1.807) is 0 Å². The quantitative estimate of drug-likeness (QED) is 0.861. The molecular weight excluding hydrogens is 210 g/mol. The highest BCUT2D eigenvalue weighted by atomic mass is 16.3. The Bertz CT molecular complexity index is 539. The van der Waals surface area contributed by atoms with Crippen molar-refractivity contribution in [2.24, 2.45) is 5.73 Å². The Balaban J connectivity index is 2.57. The zero-order chi connectivity index (χ0) is 12.6. The summed E-state index contributed by atoms with van der Waals surface area (Å²) in [7, 11) is 0. The minimum Gasteiger partial charge on any atom is -0.459 e. The van der Waals surface area contributed by atoms with Gasteiger partial charge in [0.05, 0.1) is 6.04 Å². The normalized spacial score (nSPS) is 13.2. The highest BCUT2D eigenvalue weighted by Crippen LogP contribution is 2.31. The zero-order valence-corrected chi connectivity index (χ0v) is 11.1. The summed E-state index contributed by atoms with van der Waals surface area (Å²) in [6.45, 7) is 8.49. The number of fused-ring (bicyclic) bond motifs is 1. The van der Waals surface area contributed by atoms with E-state index < -0.39 is 0 Å². The minimum atomic E-state index is 0.0199. The van der Waals surface area contributed by atoms with Crippen LogP contribution in [0.1, 0.15) is 48.3 Å². The van der Waals surface area contributed by atoms with Crippen LogP contribution in [-0.4, -0.2) is 0 Å². The van der Waals surface area contributed by atoms with E-state index in [9.17, 15) is 0 Å². The average molecular weight is 231 g/mol. The fourth-order valence-electron chi connectivity index (χ4n) is 2.31. The second-order valence-electron chi connectivity index (χ2n) is 4.92. The van der Waals surface area contributed by atoms with Gasteiger partial charge in [0.2, 0.25) is 0 Å². The van der Waals surface area contributed by atoms with Crippen LogP contribution in [0.25, 0.3) is 11.0 Å². The highest BCUT2D eigenvalue weighted by Gasteiger charge is 2.14. The molecule has 2 nitrogen and oxygen atoms in total. The first-order valence-corrected chi connectivity index (χ1v) is 6.30. The molecule has 2 heteroatoms. The van der Waals surface area contributed by atoms with Crippen molar-refractivity contribution in [3.05, 3.63) is 34.6 Å². The number of benzene rings is 1. The number of rotatable bonds is 3. The topological polar surface area (TPSA) is 39.2 Å². The van der Waals surface area contributed by atoms with Crippen molar-refractivity contribution >= 4 is 11.0 Å². The molecule has 0 spiro atoms. The van der Waals surface area contributed by atoms with Gasteiger partial charge in [-0.25, -0.2) is 0 Å². The van der Waals surface area contributed by atoms with Gasteiger partial charge in [0.1, 0.15) is 11.3 Å². The van der Waals surface area contributed by atoms with Gasteiger partial charge in [0.15, 0.2) is 0 Å². The van der Waals surface area contributed by atoms with Gasteiger partial charge in [-0.1, -0.05) is 19.4 Å². The van der Waals surface area contributed by atoms with E-state index in [2.05, 4.69) is 39.8 Å². The average Bonchev–Trinajstić information content (AvgIpc) is 2.72. The molecule has 1 aromatic heterocycles. The van der Waals surface area contributed by atoms with Crippen LogP contribution in [0, 0.1) is 20.8 Å². The van der Waals surface area contributed by atoms with E-state index in [1.807, 2.05) is 0 Å². The molecule has 0 aliphatic carbocycles. The van der Waals surface area contributed by atoms with Crippen LogP contribution in [0.15, 0.2) is 16.5 Å². The fourth-order valence-corrected chi connectivity index (χ4v) is 2.31. The third-order valence-corrected chi connectivity index (χ3v) is 3.51. The fraction of sp³-hybridized carbons (Fsp3) is 0.467. The predicted octanol–water partition coefficient (Wildman–Crippen LogP) is 4.16. The largest absolute Gasteiger partial charge is 0.459 e. The Morgan fingerprint density at radius 2 is 1.88 bits per heavy atom. The molecule has 2 N–H and O–H groups in total. The Kier molecular flexibility index (Phi) is 3.25. The molecule has 92 valence electrons. The number of aryl methyl sites for hydroxylation is 3. The Labute approximate surface area is 103 Å².